The van der Waals surface area contributed by atoms with Crippen LogP contribution in [-0.2, 0) is 14.9 Å². The molecule has 1 saturated heterocycles. The van der Waals surface area contributed by atoms with Crippen LogP contribution in [0.15, 0.2) is 24.3 Å². The molecule has 2 unspecified atom stereocenters. The van der Waals surface area contributed by atoms with Crippen molar-refractivity contribution in [1.82, 2.24) is 0 Å². The second-order valence-electron chi connectivity index (χ2n) is 5.79. The smallest absolute Gasteiger partial charge is 0.111 e. The molecule has 2 rings (SSSR count). The van der Waals surface area contributed by atoms with Crippen molar-refractivity contribution in [3.63, 3.8) is 0 Å². The summed E-state index contributed by atoms with van der Waals surface area (Å²) in [6.45, 7) is 8.29. The van der Waals surface area contributed by atoms with E-state index in [2.05, 4.69) is 32.9 Å². The van der Waals surface area contributed by atoms with Crippen molar-refractivity contribution in [1.29, 1.82) is 0 Å². The SMILES string of the molecule is CCC(C)(C)c1ccc(C(O)C2COCCO2)cc1. The van der Waals surface area contributed by atoms with E-state index in [9.17, 15) is 5.11 Å². The van der Waals surface area contributed by atoms with Crippen LogP contribution >= 0.6 is 0 Å². The predicted octanol–water partition coefficient (Wildman–Crippen LogP) is 2.82. The van der Waals surface area contributed by atoms with Gasteiger partial charge in [-0.05, 0) is 23.0 Å². The average molecular weight is 264 g/mol. The molecule has 0 amide bonds. The number of benzene rings is 1. The first-order chi connectivity index (χ1) is 9.04. The molecule has 1 aromatic rings. The van der Waals surface area contributed by atoms with Crippen LogP contribution in [-0.4, -0.2) is 31.0 Å². The molecule has 1 N–H and O–H groups in total. The minimum absolute atomic E-state index is 0.175. The van der Waals surface area contributed by atoms with Gasteiger partial charge in [0, 0.05) is 0 Å². The van der Waals surface area contributed by atoms with Crippen molar-refractivity contribution in [2.45, 2.75) is 44.8 Å². The van der Waals surface area contributed by atoms with E-state index >= 15 is 0 Å². The molecule has 1 aliphatic rings. The van der Waals surface area contributed by atoms with Crippen molar-refractivity contribution in [2.75, 3.05) is 19.8 Å². The Balaban J connectivity index is 2.09. The topological polar surface area (TPSA) is 38.7 Å². The Labute approximate surface area is 115 Å². The van der Waals surface area contributed by atoms with Gasteiger partial charge in [-0.2, -0.15) is 0 Å². The van der Waals surface area contributed by atoms with Crippen LogP contribution in [0.25, 0.3) is 0 Å². The number of hydrogen-bond acceptors (Lipinski definition) is 3. The zero-order valence-electron chi connectivity index (χ0n) is 12.1. The van der Waals surface area contributed by atoms with Crippen molar-refractivity contribution >= 4 is 0 Å². The maximum atomic E-state index is 10.3. The summed E-state index contributed by atoms with van der Waals surface area (Å²) in [5.74, 6) is 0. The molecule has 1 fully saturated rings. The lowest BCUT2D eigenvalue weighted by molar-refractivity contribution is -0.133. The molecule has 1 aromatic carbocycles. The molecule has 1 aliphatic heterocycles. The first kappa shape index (κ1) is 14.5. The van der Waals surface area contributed by atoms with Crippen molar-refractivity contribution in [2.24, 2.45) is 0 Å². The summed E-state index contributed by atoms with van der Waals surface area (Å²) in [6, 6.07) is 8.20. The van der Waals surface area contributed by atoms with Gasteiger partial charge in [0.05, 0.1) is 19.8 Å². The van der Waals surface area contributed by atoms with Crippen LogP contribution < -0.4 is 0 Å². The number of aliphatic hydroxyl groups is 1. The van der Waals surface area contributed by atoms with Crippen LogP contribution in [0.5, 0.6) is 0 Å². The Morgan fingerprint density at radius 1 is 1.26 bits per heavy atom. The van der Waals surface area contributed by atoms with E-state index in [1.54, 1.807) is 0 Å². The van der Waals surface area contributed by atoms with Crippen LogP contribution in [0.4, 0.5) is 0 Å². The number of aliphatic hydroxyl groups excluding tert-OH is 1. The number of hydrogen-bond donors (Lipinski definition) is 1. The van der Waals surface area contributed by atoms with E-state index in [0.29, 0.717) is 19.8 Å². The summed E-state index contributed by atoms with van der Waals surface area (Å²) in [4.78, 5) is 0. The van der Waals surface area contributed by atoms with Crippen molar-refractivity contribution in [3.05, 3.63) is 35.4 Å². The number of ether oxygens (including phenoxy) is 2. The third-order valence-electron chi connectivity index (χ3n) is 4.11. The van der Waals surface area contributed by atoms with E-state index < -0.39 is 6.10 Å². The molecule has 0 spiro atoms. The lowest BCUT2D eigenvalue weighted by atomic mass is 9.82. The fourth-order valence-electron chi connectivity index (χ4n) is 2.24. The van der Waals surface area contributed by atoms with Gasteiger partial charge in [0.1, 0.15) is 12.2 Å². The molecule has 3 heteroatoms. The first-order valence-electron chi connectivity index (χ1n) is 7.02. The Morgan fingerprint density at radius 3 is 2.47 bits per heavy atom. The Kier molecular flexibility index (Phi) is 4.61. The molecule has 0 saturated carbocycles. The molecule has 3 nitrogen and oxygen atoms in total. The third kappa shape index (κ3) is 3.35. The molecule has 2 atom stereocenters. The molecule has 106 valence electrons. The normalized spacial score (nSPS) is 22.2. The molecule has 0 aromatic heterocycles. The summed E-state index contributed by atoms with van der Waals surface area (Å²) in [6.07, 6.45) is 0.229. The monoisotopic (exact) mass is 264 g/mol. The third-order valence-corrected chi connectivity index (χ3v) is 4.11. The highest BCUT2D eigenvalue weighted by atomic mass is 16.6. The zero-order valence-corrected chi connectivity index (χ0v) is 12.1. The van der Waals surface area contributed by atoms with E-state index in [1.807, 2.05) is 12.1 Å². The Hall–Kier alpha value is -0.900. The summed E-state index contributed by atoms with van der Waals surface area (Å²) in [5, 5.41) is 10.3. The number of rotatable bonds is 4. The van der Waals surface area contributed by atoms with Gasteiger partial charge in [-0.15, -0.1) is 0 Å². The lowest BCUT2D eigenvalue weighted by Crippen LogP contribution is -2.33. The van der Waals surface area contributed by atoms with Crippen molar-refractivity contribution in [3.8, 4) is 0 Å². The summed E-state index contributed by atoms with van der Waals surface area (Å²) < 4.78 is 10.9. The first-order valence-corrected chi connectivity index (χ1v) is 7.02. The minimum atomic E-state index is -0.612. The molecular formula is C16H24O3. The van der Waals surface area contributed by atoms with Crippen LogP contribution in [0, 0.1) is 0 Å². The molecule has 19 heavy (non-hydrogen) atoms. The second-order valence-corrected chi connectivity index (χ2v) is 5.79. The van der Waals surface area contributed by atoms with Gasteiger partial charge < -0.3 is 14.6 Å². The van der Waals surface area contributed by atoms with Gasteiger partial charge in [0.25, 0.3) is 0 Å². The quantitative estimate of drug-likeness (QED) is 0.909. The molecule has 1 heterocycles. The summed E-state index contributed by atoms with van der Waals surface area (Å²) >= 11 is 0. The molecule has 0 aliphatic carbocycles. The van der Waals surface area contributed by atoms with E-state index in [0.717, 1.165) is 12.0 Å². The van der Waals surface area contributed by atoms with Crippen molar-refractivity contribution < 1.29 is 14.6 Å². The molecule has 0 bridgehead atoms. The van der Waals surface area contributed by atoms with Gasteiger partial charge in [0.15, 0.2) is 0 Å². The Morgan fingerprint density at radius 2 is 1.95 bits per heavy atom. The molecule has 0 radical (unpaired) electrons. The predicted molar refractivity (Wildman–Crippen MR) is 75.3 cm³/mol. The highest BCUT2D eigenvalue weighted by Crippen LogP contribution is 2.29. The lowest BCUT2D eigenvalue weighted by Gasteiger charge is -2.28. The minimum Gasteiger partial charge on any atom is -0.386 e. The second kappa shape index (κ2) is 6.04. The standard InChI is InChI=1S/C16H24O3/c1-4-16(2,3)13-7-5-12(6-8-13)15(17)14-11-18-9-10-19-14/h5-8,14-15,17H,4,9-11H2,1-3H3. The van der Waals surface area contributed by atoms with Gasteiger partial charge >= 0.3 is 0 Å². The van der Waals surface area contributed by atoms with Crippen LogP contribution in [0.2, 0.25) is 0 Å². The fraction of sp³-hybridized carbons (Fsp3) is 0.625. The van der Waals surface area contributed by atoms with Gasteiger partial charge in [-0.1, -0.05) is 45.0 Å². The van der Waals surface area contributed by atoms with Crippen LogP contribution in [0.3, 0.4) is 0 Å². The maximum absolute atomic E-state index is 10.3. The molecular weight excluding hydrogens is 240 g/mol. The summed E-state index contributed by atoms with van der Waals surface area (Å²) in [5.41, 5.74) is 2.37. The highest BCUT2D eigenvalue weighted by molar-refractivity contribution is 5.29. The summed E-state index contributed by atoms with van der Waals surface area (Å²) in [7, 11) is 0. The largest absolute Gasteiger partial charge is 0.386 e. The van der Waals surface area contributed by atoms with E-state index in [-0.39, 0.29) is 11.5 Å². The van der Waals surface area contributed by atoms with Gasteiger partial charge in [-0.3, -0.25) is 0 Å². The fourth-order valence-corrected chi connectivity index (χ4v) is 2.24. The average Bonchev–Trinajstić information content (AvgIpc) is 2.47. The van der Waals surface area contributed by atoms with Crippen LogP contribution in [0.1, 0.15) is 44.4 Å². The van der Waals surface area contributed by atoms with Gasteiger partial charge in [0.2, 0.25) is 0 Å². The zero-order chi connectivity index (χ0) is 13.9. The maximum Gasteiger partial charge on any atom is 0.111 e. The highest BCUT2D eigenvalue weighted by Gasteiger charge is 2.25. The van der Waals surface area contributed by atoms with E-state index in [4.69, 9.17) is 9.47 Å². The van der Waals surface area contributed by atoms with Gasteiger partial charge in [-0.25, -0.2) is 0 Å². The van der Waals surface area contributed by atoms with E-state index in [1.165, 1.54) is 5.56 Å². The Bertz CT molecular complexity index is 391.